The third-order valence-corrected chi connectivity index (χ3v) is 4.84. The number of carbonyl (C=O) groups excluding carboxylic acids is 1. The molecule has 1 aliphatic carbocycles. The van der Waals surface area contributed by atoms with Crippen LogP contribution in [0.2, 0.25) is 0 Å². The van der Waals surface area contributed by atoms with Gasteiger partial charge < -0.3 is 5.32 Å². The zero-order valence-electron chi connectivity index (χ0n) is 12.8. The van der Waals surface area contributed by atoms with Crippen LogP contribution in [0.25, 0.3) is 0 Å². The van der Waals surface area contributed by atoms with Gasteiger partial charge in [0.25, 0.3) is 0 Å². The van der Waals surface area contributed by atoms with Crippen LogP contribution in [-0.4, -0.2) is 25.9 Å². The first kappa shape index (κ1) is 15.1. The molecule has 0 saturated heterocycles. The maximum absolute atomic E-state index is 11.9. The average molecular weight is 319 g/mol. The number of amides is 1. The summed E-state index contributed by atoms with van der Waals surface area (Å²) in [6.45, 7) is 2.56. The van der Waals surface area contributed by atoms with Gasteiger partial charge in [-0.15, -0.1) is 10.2 Å². The molecule has 6 nitrogen and oxygen atoms in total. The SMILES string of the molecule is Cc1cnn(CCC(=O)Nc2nnc(CC3CCCC3)s2)c1. The maximum atomic E-state index is 11.9. The Hall–Kier alpha value is -1.76. The molecule has 1 N–H and O–H groups in total. The number of aryl methyl sites for hydroxylation is 2. The molecule has 0 bridgehead atoms. The van der Waals surface area contributed by atoms with Crippen LogP contribution in [0.4, 0.5) is 5.13 Å². The number of hydrogen-bond donors (Lipinski definition) is 1. The van der Waals surface area contributed by atoms with E-state index in [-0.39, 0.29) is 5.91 Å². The molecule has 0 spiro atoms. The van der Waals surface area contributed by atoms with Crippen LogP contribution in [0, 0.1) is 12.8 Å². The average Bonchev–Trinajstić information content (AvgIpc) is 3.21. The van der Waals surface area contributed by atoms with Crippen LogP contribution in [0.1, 0.15) is 42.7 Å². The van der Waals surface area contributed by atoms with E-state index >= 15 is 0 Å². The number of anilines is 1. The Morgan fingerprint density at radius 1 is 1.41 bits per heavy atom. The van der Waals surface area contributed by atoms with E-state index in [1.165, 1.54) is 37.0 Å². The molecule has 1 aliphatic rings. The number of hydrogen-bond acceptors (Lipinski definition) is 5. The number of carbonyl (C=O) groups is 1. The molecule has 0 unspecified atom stereocenters. The van der Waals surface area contributed by atoms with Gasteiger partial charge in [-0.1, -0.05) is 37.0 Å². The van der Waals surface area contributed by atoms with Crippen molar-refractivity contribution in [2.24, 2.45) is 5.92 Å². The lowest BCUT2D eigenvalue weighted by Crippen LogP contribution is -2.14. The third-order valence-electron chi connectivity index (χ3n) is 3.98. The Morgan fingerprint density at radius 3 is 2.95 bits per heavy atom. The van der Waals surface area contributed by atoms with Gasteiger partial charge in [0, 0.05) is 25.6 Å². The molecule has 2 aromatic rings. The van der Waals surface area contributed by atoms with E-state index in [9.17, 15) is 4.79 Å². The number of aromatic nitrogens is 4. The summed E-state index contributed by atoms with van der Waals surface area (Å²) in [5.41, 5.74) is 1.10. The van der Waals surface area contributed by atoms with Gasteiger partial charge in [0.1, 0.15) is 5.01 Å². The van der Waals surface area contributed by atoms with Gasteiger partial charge in [-0.2, -0.15) is 5.10 Å². The van der Waals surface area contributed by atoms with Crippen LogP contribution >= 0.6 is 11.3 Å². The van der Waals surface area contributed by atoms with Gasteiger partial charge >= 0.3 is 0 Å². The van der Waals surface area contributed by atoms with Gasteiger partial charge in [-0.05, 0) is 18.4 Å². The minimum absolute atomic E-state index is 0.0447. The summed E-state index contributed by atoms with van der Waals surface area (Å²) in [5, 5.41) is 16.9. The molecule has 7 heteroatoms. The van der Waals surface area contributed by atoms with Gasteiger partial charge in [-0.3, -0.25) is 9.48 Å². The van der Waals surface area contributed by atoms with E-state index in [1.54, 1.807) is 10.9 Å². The van der Waals surface area contributed by atoms with E-state index < -0.39 is 0 Å². The predicted octanol–water partition coefficient (Wildman–Crippen LogP) is 2.80. The van der Waals surface area contributed by atoms with Crippen LogP contribution in [0.3, 0.4) is 0 Å². The third kappa shape index (κ3) is 4.13. The highest BCUT2D eigenvalue weighted by Gasteiger charge is 2.18. The van der Waals surface area contributed by atoms with Crippen LogP contribution < -0.4 is 5.32 Å². The summed E-state index contributed by atoms with van der Waals surface area (Å²) < 4.78 is 1.78. The second kappa shape index (κ2) is 7.00. The van der Waals surface area contributed by atoms with E-state index in [4.69, 9.17) is 0 Å². The van der Waals surface area contributed by atoms with E-state index in [0.29, 0.717) is 18.1 Å². The van der Waals surface area contributed by atoms with Gasteiger partial charge in [0.2, 0.25) is 11.0 Å². The van der Waals surface area contributed by atoms with Crippen LogP contribution in [0.15, 0.2) is 12.4 Å². The largest absolute Gasteiger partial charge is 0.300 e. The Labute approximate surface area is 133 Å². The van der Waals surface area contributed by atoms with Crippen LogP contribution in [-0.2, 0) is 17.8 Å². The first-order valence-electron chi connectivity index (χ1n) is 7.80. The fraction of sp³-hybridized carbons (Fsp3) is 0.600. The molecule has 3 rings (SSSR count). The molecule has 1 fully saturated rings. The fourth-order valence-electron chi connectivity index (χ4n) is 2.84. The fourth-order valence-corrected chi connectivity index (χ4v) is 3.71. The first-order valence-corrected chi connectivity index (χ1v) is 8.62. The zero-order valence-corrected chi connectivity index (χ0v) is 13.6. The minimum atomic E-state index is -0.0447. The quantitative estimate of drug-likeness (QED) is 0.888. The van der Waals surface area contributed by atoms with Crippen molar-refractivity contribution in [3.8, 4) is 0 Å². The molecule has 1 saturated carbocycles. The lowest BCUT2D eigenvalue weighted by molar-refractivity contribution is -0.116. The molecular weight excluding hydrogens is 298 g/mol. The molecule has 118 valence electrons. The Bertz CT molecular complexity index is 629. The molecule has 1 amide bonds. The molecule has 0 aliphatic heterocycles. The number of rotatable bonds is 6. The second-order valence-electron chi connectivity index (χ2n) is 5.93. The molecule has 2 aromatic heterocycles. The highest BCUT2D eigenvalue weighted by atomic mass is 32.1. The normalized spacial score (nSPS) is 15.3. The lowest BCUT2D eigenvalue weighted by Gasteiger charge is -2.03. The zero-order chi connectivity index (χ0) is 15.4. The summed E-state index contributed by atoms with van der Waals surface area (Å²) in [5.74, 6) is 0.705. The summed E-state index contributed by atoms with van der Waals surface area (Å²) in [6, 6.07) is 0. The monoisotopic (exact) mass is 319 g/mol. The molecule has 22 heavy (non-hydrogen) atoms. The molecule has 0 aromatic carbocycles. The van der Waals surface area contributed by atoms with E-state index in [2.05, 4.69) is 20.6 Å². The second-order valence-corrected chi connectivity index (χ2v) is 7.00. The predicted molar refractivity (Wildman–Crippen MR) is 85.8 cm³/mol. The number of nitrogens with one attached hydrogen (secondary N) is 1. The molecule has 2 heterocycles. The Balaban J connectivity index is 1.45. The molecule has 0 radical (unpaired) electrons. The standard InChI is InChI=1S/C15H21N5OS/c1-11-9-16-20(10-11)7-6-13(21)17-15-19-18-14(22-15)8-12-4-2-3-5-12/h9-10,12H,2-8H2,1H3,(H,17,19,21). The Morgan fingerprint density at radius 2 is 2.23 bits per heavy atom. The van der Waals surface area contributed by atoms with Gasteiger partial charge in [0.05, 0.1) is 6.20 Å². The maximum Gasteiger partial charge on any atom is 0.228 e. The summed E-state index contributed by atoms with van der Waals surface area (Å²) in [4.78, 5) is 11.9. The van der Waals surface area contributed by atoms with Crippen molar-refractivity contribution in [3.63, 3.8) is 0 Å². The summed E-state index contributed by atoms with van der Waals surface area (Å²) in [7, 11) is 0. The summed E-state index contributed by atoms with van der Waals surface area (Å²) >= 11 is 1.50. The smallest absolute Gasteiger partial charge is 0.228 e. The lowest BCUT2D eigenvalue weighted by atomic mass is 10.1. The van der Waals surface area contributed by atoms with Crippen molar-refractivity contribution in [3.05, 3.63) is 23.0 Å². The van der Waals surface area contributed by atoms with Gasteiger partial charge in [-0.25, -0.2) is 0 Å². The highest BCUT2D eigenvalue weighted by Crippen LogP contribution is 2.29. The van der Waals surface area contributed by atoms with Crippen molar-refractivity contribution in [2.75, 3.05) is 5.32 Å². The van der Waals surface area contributed by atoms with E-state index in [1.807, 2.05) is 13.1 Å². The summed E-state index contributed by atoms with van der Waals surface area (Å²) in [6.07, 6.45) is 10.4. The highest BCUT2D eigenvalue weighted by molar-refractivity contribution is 7.15. The topological polar surface area (TPSA) is 72.7 Å². The van der Waals surface area contributed by atoms with Crippen molar-refractivity contribution >= 4 is 22.4 Å². The number of nitrogens with zero attached hydrogens (tertiary/aromatic N) is 4. The van der Waals surface area contributed by atoms with Gasteiger partial charge in [0.15, 0.2) is 0 Å². The van der Waals surface area contributed by atoms with Crippen molar-refractivity contribution < 1.29 is 4.79 Å². The molecular formula is C15H21N5OS. The van der Waals surface area contributed by atoms with E-state index in [0.717, 1.165) is 22.9 Å². The van der Waals surface area contributed by atoms with Crippen LogP contribution in [0.5, 0.6) is 0 Å². The Kier molecular flexibility index (Phi) is 4.82. The molecule has 0 atom stereocenters. The van der Waals surface area contributed by atoms with Crippen molar-refractivity contribution in [2.45, 2.75) is 52.0 Å². The van der Waals surface area contributed by atoms with Crippen molar-refractivity contribution in [1.29, 1.82) is 0 Å². The van der Waals surface area contributed by atoms with Crippen molar-refractivity contribution in [1.82, 2.24) is 20.0 Å². The minimum Gasteiger partial charge on any atom is -0.300 e. The first-order chi connectivity index (χ1) is 10.7.